The van der Waals surface area contributed by atoms with Gasteiger partial charge in [-0.15, -0.1) is 0 Å². The van der Waals surface area contributed by atoms with Crippen molar-refractivity contribution in [2.45, 2.75) is 13.8 Å². The third-order valence-electron chi connectivity index (χ3n) is 1.61. The quantitative estimate of drug-likeness (QED) is 0.647. The van der Waals surface area contributed by atoms with Crippen LogP contribution < -0.4 is 4.74 Å². The molecule has 0 radical (unpaired) electrons. The van der Waals surface area contributed by atoms with Gasteiger partial charge in [0, 0.05) is 12.8 Å². The number of nitrogens with zero attached hydrogens (tertiary/aromatic N) is 1. The highest BCUT2D eigenvalue weighted by molar-refractivity contribution is 5.79. The smallest absolute Gasteiger partial charge is 0.119 e. The molecule has 70 valence electrons. The number of aliphatic imine (C=N–C) groups is 1. The van der Waals surface area contributed by atoms with E-state index in [1.54, 1.807) is 0 Å². The van der Waals surface area contributed by atoms with E-state index in [1.807, 2.05) is 44.3 Å². The van der Waals surface area contributed by atoms with Crippen LogP contribution in [-0.4, -0.2) is 19.4 Å². The van der Waals surface area contributed by atoms with Gasteiger partial charge in [-0.05, 0) is 43.7 Å². The van der Waals surface area contributed by atoms with Gasteiger partial charge in [-0.2, -0.15) is 0 Å². The summed E-state index contributed by atoms with van der Waals surface area (Å²) in [6.07, 6.45) is 1.87. The topological polar surface area (TPSA) is 21.6 Å². The molecule has 2 heteroatoms. The zero-order valence-electron chi connectivity index (χ0n) is 8.16. The van der Waals surface area contributed by atoms with Crippen LogP contribution in [-0.2, 0) is 0 Å². The van der Waals surface area contributed by atoms with Gasteiger partial charge in [0.25, 0.3) is 0 Å². The molecule has 0 aliphatic carbocycles. The van der Waals surface area contributed by atoms with E-state index in [0.29, 0.717) is 6.61 Å². The average Bonchev–Trinajstić information content (AvgIpc) is 2.17. The molecule has 0 atom stereocenters. The van der Waals surface area contributed by atoms with Gasteiger partial charge in [0.05, 0.1) is 6.61 Å². The molecule has 0 unspecified atom stereocenters. The maximum atomic E-state index is 5.32. The Labute approximate surface area is 79.3 Å². The summed E-state index contributed by atoms with van der Waals surface area (Å²) in [7, 11) is 0. The van der Waals surface area contributed by atoms with Crippen LogP contribution in [0.4, 0.5) is 0 Å². The summed E-state index contributed by atoms with van der Waals surface area (Å²) in [5.41, 5.74) is 1.12. The van der Waals surface area contributed by atoms with E-state index >= 15 is 0 Å². The van der Waals surface area contributed by atoms with Crippen molar-refractivity contribution in [1.29, 1.82) is 0 Å². The lowest BCUT2D eigenvalue weighted by molar-refractivity contribution is 0.340. The first-order valence-electron chi connectivity index (χ1n) is 4.59. The zero-order chi connectivity index (χ0) is 9.52. The summed E-state index contributed by atoms with van der Waals surface area (Å²) in [6.45, 7) is 5.53. The van der Waals surface area contributed by atoms with Crippen molar-refractivity contribution in [1.82, 2.24) is 0 Å². The van der Waals surface area contributed by atoms with Gasteiger partial charge < -0.3 is 4.74 Å². The molecular weight excluding hydrogens is 162 g/mol. The lowest BCUT2D eigenvalue weighted by atomic mass is 10.2. The third-order valence-corrected chi connectivity index (χ3v) is 1.61. The Morgan fingerprint density at radius 3 is 2.46 bits per heavy atom. The zero-order valence-corrected chi connectivity index (χ0v) is 8.16. The molecular formula is C11H15NO. The van der Waals surface area contributed by atoms with Crippen molar-refractivity contribution in [3.63, 3.8) is 0 Å². The van der Waals surface area contributed by atoms with Crippen molar-refractivity contribution in [2.75, 3.05) is 13.2 Å². The minimum Gasteiger partial charge on any atom is -0.494 e. The van der Waals surface area contributed by atoms with Gasteiger partial charge in [0.15, 0.2) is 0 Å². The second kappa shape index (κ2) is 5.36. The first-order chi connectivity index (χ1) is 6.36. The number of hydrogen-bond donors (Lipinski definition) is 0. The normalized spacial score (nSPS) is 10.6. The minimum absolute atomic E-state index is 0.711. The Morgan fingerprint density at radius 1 is 1.23 bits per heavy atom. The lowest BCUT2D eigenvalue weighted by Crippen LogP contribution is -1.91. The summed E-state index contributed by atoms with van der Waals surface area (Å²) in [5, 5.41) is 0. The molecule has 0 bridgehead atoms. The minimum atomic E-state index is 0.711. The van der Waals surface area contributed by atoms with Crippen molar-refractivity contribution in [3.05, 3.63) is 29.8 Å². The molecule has 0 aliphatic rings. The number of hydrogen-bond acceptors (Lipinski definition) is 2. The van der Waals surface area contributed by atoms with E-state index in [0.717, 1.165) is 17.9 Å². The monoisotopic (exact) mass is 177 g/mol. The van der Waals surface area contributed by atoms with Crippen LogP contribution in [0.1, 0.15) is 19.4 Å². The maximum absolute atomic E-state index is 5.32. The fourth-order valence-corrected chi connectivity index (χ4v) is 1.01. The van der Waals surface area contributed by atoms with E-state index in [4.69, 9.17) is 4.74 Å². The van der Waals surface area contributed by atoms with Crippen LogP contribution in [0, 0.1) is 0 Å². The molecule has 0 saturated carbocycles. The first-order valence-corrected chi connectivity index (χ1v) is 4.59. The molecule has 1 aromatic carbocycles. The summed E-state index contributed by atoms with van der Waals surface area (Å²) >= 11 is 0. The van der Waals surface area contributed by atoms with Gasteiger partial charge in [0.2, 0.25) is 0 Å². The summed E-state index contributed by atoms with van der Waals surface area (Å²) in [4.78, 5) is 4.15. The SMILES string of the molecule is CC/N=C\c1ccc(OCC)cc1. The highest BCUT2D eigenvalue weighted by Gasteiger charge is 1.90. The molecule has 1 rings (SSSR count). The van der Waals surface area contributed by atoms with E-state index < -0.39 is 0 Å². The van der Waals surface area contributed by atoms with E-state index in [-0.39, 0.29) is 0 Å². The van der Waals surface area contributed by atoms with Crippen LogP contribution in [0.2, 0.25) is 0 Å². The van der Waals surface area contributed by atoms with Gasteiger partial charge in [0.1, 0.15) is 5.75 Å². The molecule has 0 amide bonds. The largest absolute Gasteiger partial charge is 0.494 e. The average molecular weight is 177 g/mol. The molecule has 2 nitrogen and oxygen atoms in total. The molecule has 0 spiro atoms. The summed E-state index contributed by atoms with van der Waals surface area (Å²) in [6, 6.07) is 7.93. The second-order valence-corrected chi connectivity index (χ2v) is 2.63. The molecule has 0 heterocycles. The highest BCUT2D eigenvalue weighted by Crippen LogP contribution is 2.10. The summed E-state index contributed by atoms with van der Waals surface area (Å²) < 4.78 is 5.32. The Kier molecular flexibility index (Phi) is 4.03. The Bertz CT molecular complexity index is 264. The van der Waals surface area contributed by atoms with E-state index in [9.17, 15) is 0 Å². The molecule has 0 N–H and O–H groups in total. The van der Waals surface area contributed by atoms with Crippen LogP contribution in [0.5, 0.6) is 5.75 Å². The predicted molar refractivity (Wildman–Crippen MR) is 55.7 cm³/mol. The molecule has 0 saturated heterocycles. The fourth-order valence-electron chi connectivity index (χ4n) is 1.01. The molecule has 13 heavy (non-hydrogen) atoms. The van der Waals surface area contributed by atoms with Crippen LogP contribution >= 0.6 is 0 Å². The van der Waals surface area contributed by atoms with Crippen molar-refractivity contribution in [2.24, 2.45) is 4.99 Å². The first kappa shape index (κ1) is 9.78. The third kappa shape index (κ3) is 3.28. The summed E-state index contributed by atoms with van der Waals surface area (Å²) in [5.74, 6) is 0.913. The molecule has 0 aliphatic heterocycles. The maximum Gasteiger partial charge on any atom is 0.119 e. The Balaban J connectivity index is 2.64. The Hall–Kier alpha value is -1.31. The fraction of sp³-hybridized carbons (Fsp3) is 0.364. The van der Waals surface area contributed by atoms with Crippen molar-refractivity contribution >= 4 is 6.21 Å². The van der Waals surface area contributed by atoms with Crippen molar-refractivity contribution < 1.29 is 4.74 Å². The van der Waals surface area contributed by atoms with Crippen LogP contribution in [0.3, 0.4) is 0 Å². The molecule has 1 aromatic rings. The lowest BCUT2D eigenvalue weighted by Gasteiger charge is -2.01. The highest BCUT2D eigenvalue weighted by atomic mass is 16.5. The van der Waals surface area contributed by atoms with E-state index in [1.165, 1.54) is 0 Å². The predicted octanol–water partition coefficient (Wildman–Crippen LogP) is 2.52. The van der Waals surface area contributed by atoms with Crippen LogP contribution in [0.15, 0.2) is 29.3 Å². The number of ether oxygens (including phenoxy) is 1. The van der Waals surface area contributed by atoms with Crippen molar-refractivity contribution in [3.8, 4) is 5.75 Å². The van der Waals surface area contributed by atoms with Gasteiger partial charge >= 0.3 is 0 Å². The second-order valence-electron chi connectivity index (χ2n) is 2.63. The van der Waals surface area contributed by atoms with E-state index in [2.05, 4.69) is 4.99 Å². The molecule has 0 fully saturated rings. The Morgan fingerprint density at radius 2 is 1.92 bits per heavy atom. The standard InChI is InChI=1S/C11H15NO/c1-3-12-9-10-5-7-11(8-6-10)13-4-2/h5-9H,3-4H2,1-2H3/b12-9-. The molecule has 0 aromatic heterocycles. The van der Waals surface area contributed by atoms with Gasteiger partial charge in [-0.1, -0.05) is 0 Å². The number of benzene rings is 1. The van der Waals surface area contributed by atoms with Gasteiger partial charge in [-0.3, -0.25) is 4.99 Å². The van der Waals surface area contributed by atoms with Gasteiger partial charge in [-0.25, -0.2) is 0 Å². The number of rotatable bonds is 4. The van der Waals surface area contributed by atoms with Crippen LogP contribution in [0.25, 0.3) is 0 Å².